The van der Waals surface area contributed by atoms with Gasteiger partial charge in [0.25, 0.3) is 0 Å². The van der Waals surface area contributed by atoms with Crippen LogP contribution in [0.15, 0.2) is 42.5 Å². The number of ether oxygens (including phenoxy) is 2. The number of piperidine rings is 1. The Hall–Kier alpha value is -3.01. The molecule has 1 atom stereocenters. The predicted octanol–water partition coefficient (Wildman–Crippen LogP) is 3.78. The van der Waals surface area contributed by atoms with Crippen LogP contribution in [0.1, 0.15) is 44.2 Å². The van der Waals surface area contributed by atoms with E-state index < -0.39 is 5.60 Å². The number of fused-ring (bicyclic) bond motifs is 1. The molecule has 0 aromatic heterocycles. The van der Waals surface area contributed by atoms with Crippen molar-refractivity contribution in [3.05, 3.63) is 53.6 Å². The van der Waals surface area contributed by atoms with Gasteiger partial charge in [-0.25, -0.2) is 0 Å². The van der Waals surface area contributed by atoms with E-state index in [4.69, 9.17) is 9.47 Å². The van der Waals surface area contributed by atoms with E-state index in [0.29, 0.717) is 5.75 Å². The fourth-order valence-electron chi connectivity index (χ4n) is 4.81. The van der Waals surface area contributed by atoms with Gasteiger partial charge in [-0.15, -0.1) is 0 Å². The summed E-state index contributed by atoms with van der Waals surface area (Å²) in [7, 11) is 0. The lowest BCUT2D eigenvalue weighted by Crippen LogP contribution is -2.35. The molecule has 5 rings (SSSR count). The first-order valence-electron chi connectivity index (χ1n) is 11.6. The van der Waals surface area contributed by atoms with E-state index in [9.17, 15) is 9.90 Å². The summed E-state index contributed by atoms with van der Waals surface area (Å²) in [6.07, 6.45) is 3.09. The Kier molecular flexibility index (Phi) is 5.55. The van der Waals surface area contributed by atoms with Crippen LogP contribution in [0.5, 0.6) is 11.5 Å². The molecule has 6 heteroatoms. The molecule has 1 amide bonds. The van der Waals surface area contributed by atoms with E-state index >= 15 is 0 Å². The van der Waals surface area contributed by atoms with Crippen LogP contribution in [0.3, 0.4) is 0 Å². The minimum Gasteiger partial charge on any atom is -0.454 e. The highest BCUT2D eigenvalue weighted by atomic mass is 16.7. The first-order valence-corrected chi connectivity index (χ1v) is 11.6. The third kappa shape index (κ3) is 5.00. The van der Waals surface area contributed by atoms with Gasteiger partial charge in [-0.2, -0.15) is 0 Å². The van der Waals surface area contributed by atoms with Crippen molar-refractivity contribution in [1.29, 1.82) is 0 Å². The minimum atomic E-state index is -0.982. The highest BCUT2D eigenvalue weighted by Gasteiger charge is 2.58. The summed E-state index contributed by atoms with van der Waals surface area (Å²) < 4.78 is 10.7. The maximum Gasteiger partial charge on any atom is 0.231 e. The van der Waals surface area contributed by atoms with Crippen LogP contribution >= 0.6 is 0 Å². The van der Waals surface area contributed by atoms with Crippen LogP contribution in [0.25, 0.3) is 0 Å². The molecule has 2 aliphatic heterocycles. The lowest BCUT2D eigenvalue weighted by atomic mass is 9.90. The third-order valence-electron chi connectivity index (χ3n) is 6.87. The van der Waals surface area contributed by atoms with Crippen LogP contribution in [0.4, 0.5) is 5.69 Å². The molecule has 1 saturated heterocycles. The maximum atomic E-state index is 12.8. The van der Waals surface area contributed by atoms with Crippen molar-refractivity contribution in [1.82, 2.24) is 4.90 Å². The molecule has 0 bridgehead atoms. The quantitative estimate of drug-likeness (QED) is 0.700. The number of benzene rings is 2. The van der Waals surface area contributed by atoms with E-state index in [-0.39, 0.29) is 24.0 Å². The Labute approximate surface area is 194 Å². The molecule has 1 spiro atoms. The molecule has 2 N–H and O–H groups in total. The molecular formula is C27H30N2O4. The summed E-state index contributed by atoms with van der Waals surface area (Å²) in [5, 5.41) is 12.8. The van der Waals surface area contributed by atoms with Gasteiger partial charge >= 0.3 is 0 Å². The number of amides is 1. The second kappa shape index (κ2) is 8.40. The number of carbonyl (C=O) groups excluding carboxylic acids is 1. The van der Waals surface area contributed by atoms with Crippen molar-refractivity contribution in [3.8, 4) is 23.3 Å². The van der Waals surface area contributed by atoms with Crippen molar-refractivity contribution in [2.24, 2.45) is 11.3 Å². The van der Waals surface area contributed by atoms with E-state index in [0.717, 1.165) is 55.9 Å². The molecular weight excluding hydrogens is 416 g/mol. The number of rotatable bonds is 4. The van der Waals surface area contributed by atoms with Crippen molar-refractivity contribution < 1.29 is 19.4 Å². The summed E-state index contributed by atoms with van der Waals surface area (Å²) in [5.74, 6) is 7.48. The normalized spacial score (nSPS) is 20.8. The van der Waals surface area contributed by atoms with Gasteiger partial charge in [-0.3, -0.25) is 9.69 Å². The van der Waals surface area contributed by atoms with Crippen molar-refractivity contribution in [3.63, 3.8) is 0 Å². The lowest BCUT2D eigenvalue weighted by molar-refractivity contribution is -0.118. The molecule has 2 aromatic carbocycles. The summed E-state index contributed by atoms with van der Waals surface area (Å²) in [6.45, 7) is 6.52. The summed E-state index contributed by atoms with van der Waals surface area (Å²) in [4.78, 5) is 15.3. The molecule has 2 fully saturated rings. The van der Waals surface area contributed by atoms with E-state index in [2.05, 4.69) is 34.2 Å². The number of anilines is 1. The molecule has 33 heavy (non-hydrogen) atoms. The molecule has 0 radical (unpaired) electrons. The summed E-state index contributed by atoms with van der Waals surface area (Å²) in [5.41, 5.74) is 2.11. The number of hydrogen-bond donors (Lipinski definition) is 2. The zero-order chi connectivity index (χ0) is 23.1. The smallest absolute Gasteiger partial charge is 0.231 e. The first kappa shape index (κ1) is 21.8. The molecule has 2 aromatic rings. The highest BCUT2D eigenvalue weighted by Crippen LogP contribution is 2.59. The Morgan fingerprint density at radius 1 is 1.15 bits per heavy atom. The van der Waals surface area contributed by atoms with Crippen LogP contribution < -0.4 is 14.8 Å². The Balaban J connectivity index is 1.11. The standard InChI is InChI=1S/C27H30N2O4/c1-26(2,31)10-9-19-3-5-20(6-4-19)17-29-13-11-27(12-14-29)16-22(27)25(30)28-21-7-8-23-24(15-21)33-18-32-23/h3-8,15,22,31H,11-14,16-18H2,1-2H3,(H,28,30). The molecule has 3 aliphatic rings. The van der Waals surface area contributed by atoms with Crippen LogP contribution in [0.2, 0.25) is 0 Å². The van der Waals surface area contributed by atoms with Crippen LogP contribution in [-0.2, 0) is 11.3 Å². The number of nitrogens with one attached hydrogen (secondary N) is 1. The van der Waals surface area contributed by atoms with Crippen molar-refractivity contribution >= 4 is 11.6 Å². The van der Waals surface area contributed by atoms with Gasteiger partial charge in [0, 0.05) is 29.8 Å². The second-order valence-corrected chi connectivity index (χ2v) is 9.96. The van der Waals surface area contributed by atoms with Gasteiger partial charge in [0.2, 0.25) is 12.7 Å². The monoisotopic (exact) mass is 446 g/mol. The molecule has 1 unspecified atom stereocenters. The number of aliphatic hydroxyl groups is 1. The van der Waals surface area contributed by atoms with E-state index in [1.54, 1.807) is 13.8 Å². The van der Waals surface area contributed by atoms with E-state index in [1.165, 1.54) is 5.56 Å². The number of hydrogen-bond acceptors (Lipinski definition) is 5. The largest absolute Gasteiger partial charge is 0.454 e. The third-order valence-corrected chi connectivity index (χ3v) is 6.87. The van der Waals surface area contributed by atoms with Gasteiger partial charge < -0.3 is 19.9 Å². The second-order valence-electron chi connectivity index (χ2n) is 9.96. The van der Waals surface area contributed by atoms with Gasteiger partial charge in [-0.1, -0.05) is 24.0 Å². The van der Waals surface area contributed by atoms with Crippen LogP contribution in [0, 0.1) is 23.2 Å². The zero-order valence-electron chi connectivity index (χ0n) is 19.2. The Morgan fingerprint density at radius 3 is 2.61 bits per heavy atom. The molecule has 1 aliphatic carbocycles. The fourth-order valence-corrected chi connectivity index (χ4v) is 4.81. The molecule has 1 saturated carbocycles. The minimum absolute atomic E-state index is 0.0960. The van der Waals surface area contributed by atoms with Crippen molar-refractivity contribution in [2.45, 2.75) is 45.3 Å². The number of nitrogens with zero attached hydrogens (tertiary/aromatic N) is 1. The van der Waals surface area contributed by atoms with Crippen LogP contribution in [-0.4, -0.2) is 41.4 Å². The average molecular weight is 447 g/mol. The molecule has 2 heterocycles. The predicted molar refractivity (Wildman–Crippen MR) is 126 cm³/mol. The van der Waals surface area contributed by atoms with Gasteiger partial charge in [0.1, 0.15) is 5.60 Å². The SMILES string of the molecule is CC(C)(O)C#Cc1ccc(CN2CCC3(CC2)CC3C(=O)Nc2ccc3c(c2)OCO3)cc1. The summed E-state index contributed by atoms with van der Waals surface area (Å²) in [6, 6.07) is 13.8. The van der Waals surface area contributed by atoms with Gasteiger partial charge in [0.05, 0.1) is 0 Å². The van der Waals surface area contributed by atoms with Crippen molar-refractivity contribution in [2.75, 3.05) is 25.2 Å². The highest BCUT2D eigenvalue weighted by molar-refractivity contribution is 5.95. The Bertz CT molecular complexity index is 1100. The average Bonchev–Trinajstić information content (AvgIpc) is 3.28. The topological polar surface area (TPSA) is 71.0 Å². The number of likely N-dealkylation sites (tertiary alicyclic amines) is 1. The maximum absolute atomic E-state index is 12.8. The van der Waals surface area contributed by atoms with E-state index in [1.807, 2.05) is 30.3 Å². The molecule has 6 nitrogen and oxygen atoms in total. The van der Waals surface area contributed by atoms with Gasteiger partial charge in [0.15, 0.2) is 11.5 Å². The molecule has 172 valence electrons. The zero-order valence-corrected chi connectivity index (χ0v) is 19.2. The Morgan fingerprint density at radius 2 is 1.88 bits per heavy atom. The number of carbonyl (C=O) groups is 1. The van der Waals surface area contributed by atoms with Gasteiger partial charge in [-0.05, 0) is 81.4 Å². The summed E-state index contributed by atoms with van der Waals surface area (Å²) >= 11 is 0. The lowest BCUT2D eigenvalue weighted by Gasteiger charge is -2.32. The first-order chi connectivity index (χ1) is 15.8. The fraction of sp³-hybridized carbons (Fsp3) is 0.444.